The van der Waals surface area contributed by atoms with Crippen molar-refractivity contribution in [3.05, 3.63) is 35.9 Å². The van der Waals surface area contributed by atoms with E-state index in [1.807, 2.05) is 7.11 Å². The highest BCUT2D eigenvalue weighted by molar-refractivity contribution is 5.21. The number of hydrogen-bond donors (Lipinski definition) is 1. The van der Waals surface area contributed by atoms with Crippen molar-refractivity contribution in [3.63, 3.8) is 0 Å². The molecule has 1 aromatic rings. The summed E-state index contributed by atoms with van der Waals surface area (Å²) in [7, 11) is 1.81. The van der Waals surface area contributed by atoms with E-state index in [0.29, 0.717) is 12.1 Å². The molecule has 1 fully saturated rings. The molecule has 2 rings (SSSR count). The average molecular weight is 290 g/mol. The lowest BCUT2D eigenvalue weighted by molar-refractivity contribution is 0.0115. The summed E-state index contributed by atoms with van der Waals surface area (Å²) in [5.41, 5.74) is 1.56. The van der Waals surface area contributed by atoms with Gasteiger partial charge in [0.15, 0.2) is 0 Å². The minimum absolute atomic E-state index is 0.158. The summed E-state index contributed by atoms with van der Waals surface area (Å²) in [5, 5.41) is 3.69. The Morgan fingerprint density at radius 3 is 2.67 bits per heavy atom. The monoisotopic (exact) mass is 290 g/mol. The summed E-state index contributed by atoms with van der Waals surface area (Å²) < 4.78 is 5.50. The van der Waals surface area contributed by atoms with Crippen molar-refractivity contribution < 1.29 is 4.74 Å². The van der Waals surface area contributed by atoms with Crippen LogP contribution in [0.1, 0.15) is 45.2 Å². The highest BCUT2D eigenvalue weighted by atomic mass is 16.5. The molecule has 1 aliphatic heterocycles. The van der Waals surface area contributed by atoms with Crippen LogP contribution in [0, 0.1) is 0 Å². The van der Waals surface area contributed by atoms with Crippen LogP contribution < -0.4 is 5.32 Å². The molecule has 2 atom stereocenters. The molecule has 3 heteroatoms. The number of methoxy groups -OCH3 is 1. The van der Waals surface area contributed by atoms with E-state index in [1.165, 1.54) is 18.4 Å². The van der Waals surface area contributed by atoms with Gasteiger partial charge in [-0.2, -0.15) is 0 Å². The average Bonchev–Trinajstić information content (AvgIpc) is 2.47. The van der Waals surface area contributed by atoms with Gasteiger partial charge in [-0.25, -0.2) is 0 Å². The lowest BCUT2D eigenvalue weighted by Gasteiger charge is -2.48. The number of benzene rings is 1. The standard InChI is InChI=1S/C18H30N2O/c1-5-9-16(13-21-4)20-14-18(2,3)19-12-17(20)15-10-7-6-8-11-15/h6-8,10-11,16-17,19H,5,9,12-14H2,1-4H3. The lowest BCUT2D eigenvalue weighted by Crippen LogP contribution is -2.61. The fourth-order valence-electron chi connectivity index (χ4n) is 3.35. The van der Waals surface area contributed by atoms with Gasteiger partial charge in [0.1, 0.15) is 0 Å². The van der Waals surface area contributed by atoms with Gasteiger partial charge in [-0.1, -0.05) is 43.7 Å². The molecule has 0 amide bonds. The summed E-state index contributed by atoms with van der Waals surface area (Å²) >= 11 is 0. The van der Waals surface area contributed by atoms with Crippen molar-refractivity contribution >= 4 is 0 Å². The van der Waals surface area contributed by atoms with Gasteiger partial charge in [0.2, 0.25) is 0 Å². The Bertz CT molecular complexity index is 412. The first-order valence-corrected chi connectivity index (χ1v) is 8.12. The summed E-state index contributed by atoms with van der Waals surface area (Å²) in [5.74, 6) is 0. The summed E-state index contributed by atoms with van der Waals surface area (Å²) in [6.07, 6.45) is 2.38. The highest BCUT2D eigenvalue weighted by Gasteiger charge is 2.36. The molecule has 0 saturated carbocycles. The van der Waals surface area contributed by atoms with E-state index in [2.05, 4.69) is 61.3 Å². The molecule has 2 unspecified atom stereocenters. The highest BCUT2D eigenvalue weighted by Crippen LogP contribution is 2.30. The third-order valence-corrected chi connectivity index (χ3v) is 4.39. The maximum Gasteiger partial charge on any atom is 0.0618 e. The zero-order valence-corrected chi connectivity index (χ0v) is 13.9. The lowest BCUT2D eigenvalue weighted by atomic mass is 9.92. The molecular formula is C18H30N2O. The van der Waals surface area contributed by atoms with Crippen LogP contribution in [0.5, 0.6) is 0 Å². The molecule has 1 aliphatic rings. The largest absolute Gasteiger partial charge is 0.383 e. The van der Waals surface area contributed by atoms with E-state index in [4.69, 9.17) is 4.74 Å². The maximum absolute atomic E-state index is 5.50. The second-order valence-corrected chi connectivity index (χ2v) is 6.76. The number of hydrogen-bond acceptors (Lipinski definition) is 3. The minimum atomic E-state index is 0.158. The van der Waals surface area contributed by atoms with Crippen LogP contribution >= 0.6 is 0 Å². The Morgan fingerprint density at radius 1 is 1.33 bits per heavy atom. The zero-order chi connectivity index (χ0) is 15.3. The van der Waals surface area contributed by atoms with Crippen molar-refractivity contribution in [1.29, 1.82) is 0 Å². The van der Waals surface area contributed by atoms with Crippen LogP contribution in [-0.2, 0) is 4.74 Å². The molecule has 3 nitrogen and oxygen atoms in total. The van der Waals surface area contributed by atoms with Gasteiger partial charge >= 0.3 is 0 Å². The van der Waals surface area contributed by atoms with Gasteiger partial charge in [0.25, 0.3) is 0 Å². The molecule has 1 aromatic carbocycles. The summed E-state index contributed by atoms with van der Waals surface area (Å²) in [4.78, 5) is 2.65. The molecule has 1 saturated heterocycles. The molecule has 0 radical (unpaired) electrons. The number of ether oxygens (including phenoxy) is 1. The SMILES string of the molecule is CCCC(COC)N1CC(C)(C)NCC1c1ccccc1. The van der Waals surface area contributed by atoms with E-state index >= 15 is 0 Å². The van der Waals surface area contributed by atoms with E-state index in [1.54, 1.807) is 0 Å². The van der Waals surface area contributed by atoms with Crippen LogP contribution in [0.3, 0.4) is 0 Å². The molecule has 1 N–H and O–H groups in total. The smallest absolute Gasteiger partial charge is 0.0618 e. The summed E-state index contributed by atoms with van der Waals surface area (Å²) in [6, 6.07) is 11.8. The molecule has 21 heavy (non-hydrogen) atoms. The third kappa shape index (κ3) is 4.29. The van der Waals surface area contributed by atoms with Crippen molar-refractivity contribution in [1.82, 2.24) is 10.2 Å². The molecule has 0 aliphatic carbocycles. The fraction of sp³-hybridized carbons (Fsp3) is 0.667. The number of nitrogens with one attached hydrogen (secondary N) is 1. The second-order valence-electron chi connectivity index (χ2n) is 6.76. The Hall–Kier alpha value is -0.900. The summed E-state index contributed by atoms with van der Waals surface area (Å²) in [6.45, 7) is 9.70. The maximum atomic E-state index is 5.50. The Balaban J connectivity index is 2.24. The molecule has 1 heterocycles. The van der Waals surface area contributed by atoms with E-state index in [9.17, 15) is 0 Å². The number of piperazine rings is 1. The van der Waals surface area contributed by atoms with E-state index in [-0.39, 0.29) is 5.54 Å². The van der Waals surface area contributed by atoms with Crippen molar-refractivity contribution in [2.24, 2.45) is 0 Å². The fourth-order valence-corrected chi connectivity index (χ4v) is 3.35. The molecular weight excluding hydrogens is 260 g/mol. The van der Waals surface area contributed by atoms with Crippen molar-refractivity contribution in [2.45, 2.75) is 51.2 Å². The van der Waals surface area contributed by atoms with Crippen LogP contribution in [0.15, 0.2) is 30.3 Å². The van der Waals surface area contributed by atoms with Gasteiger partial charge in [-0.05, 0) is 25.8 Å². The van der Waals surface area contributed by atoms with Crippen LogP contribution in [0.25, 0.3) is 0 Å². The first kappa shape index (κ1) is 16.5. The molecule has 0 aromatic heterocycles. The topological polar surface area (TPSA) is 24.5 Å². The Morgan fingerprint density at radius 2 is 2.05 bits per heavy atom. The van der Waals surface area contributed by atoms with Gasteiger partial charge in [0.05, 0.1) is 6.61 Å². The van der Waals surface area contributed by atoms with Gasteiger partial charge in [-0.3, -0.25) is 4.90 Å². The quantitative estimate of drug-likeness (QED) is 0.870. The van der Waals surface area contributed by atoms with Crippen LogP contribution in [0.2, 0.25) is 0 Å². The third-order valence-electron chi connectivity index (χ3n) is 4.39. The predicted octanol–water partition coefficient (Wildman–Crippen LogP) is 3.23. The second kappa shape index (κ2) is 7.39. The van der Waals surface area contributed by atoms with Gasteiger partial charge < -0.3 is 10.1 Å². The van der Waals surface area contributed by atoms with Crippen molar-refractivity contribution in [2.75, 3.05) is 26.8 Å². The van der Waals surface area contributed by atoms with Crippen molar-refractivity contribution in [3.8, 4) is 0 Å². The molecule has 118 valence electrons. The van der Waals surface area contributed by atoms with E-state index < -0.39 is 0 Å². The molecule has 0 bridgehead atoms. The number of rotatable bonds is 6. The van der Waals surface area contributed by atoms with E-state index in [0.717, 1.165) is 19.7 Å². The Kier molecular flexibility index (Phi) is 5.80. The first-order valence-electron chi connectivity index (χ1n) is 8.12. The van der Waals surface area contributed by atoms with Crippen LogP contribution in [0.4, 0.5) is 0 Å². The predicted molar refractivity (Wildman–Crippen MR) is 88.5 cm³/mol. The normalized spacial score (nSPS) is 23.9. The van der Waals surface area contributed by atoms with Crippen LogP contribution in [-0.4, -0.2) is 43.3 Å². The first-order chi connectivity index (χ1) is 10.1. The number of nitrogens with zero attached hydrogens (tertiary/aromatic N) is 1. The van der Waals surface area contributed by atoms with Gasteiger partial charge in [-0.15, -0.1) is 0 Å². The van der Waals surface area contributed by atoms with Gasteiger partial charge in [0, 0.05) is 37.8 Å². The zero-order valence-electron chi connectivity index (χ0n) is 13.9. The molecule has 0 spiro atoms. The minimum Gasteiger partial charge on any atom is -0.383 e. The Labute approximate surface area is 129 Å².